The van der Waals surface area contributed by atoms with Gasteiger partial charge < -0.3 is 10.6 Å². The minimum Gasteiger partial charge on any atom is -0.335 e. The second kappa shape index (κ2) is 7.88. The van der Waals surface area contributed by atoms with E-state index < -0.39 is 10.0 Å². The Morgan fingerprint density at radius 1 is 1.04 bits per heavy atom. The molecule has 1 aliphatic heterocycles. The number of urea groups is 1. The number of carbonyl (C=O) groups is 1. The van der Waals surface area contributed by atoms with Gasteiger partial charge in [0.05, 0.1) is 4.90 Å². The molecule has 0 unspecified atom stereocenters. The number of hydrogen-bond donors (Lipinski definition) is 2. The third-order valence-electron chi connectivity index (χ3n) is 4.45. The summed E-state index contributed by atoms with van der Waals surface area (Å²) < 4.78 is 27.0. The zero-order valence-corrected chi connectivity index (χ0v) is 15.5. The molecule has 138 valence electrons. The van der Waals surface area contributed by atoms with E-state index in [1.165, 1.54) is 4.31 Å². The predicted molar refractivity (Wildman–Crippen MR) is 102 cm³/mol. The van der Waals surface area contributed by atoms with Gasteiger partial charge in [0.15, 0.2) is 0 Å². The van der Waals surface area contributed by atoms with Crippen LogP contribution in [0, 0.1) is 6.92 Å². The molecule has 2 aromatic rings. The van der Waals surface area contributed by atoms with E-state index in [1.807, 2.05) is 43.3 Å². The monoisotopic (exact) mass is 373 g/mol. The fourth-order valence-electron chi connectivity index (χ4n) is 3.04. The van der Waals surface area contributed by atoms with Crippen molar-refractivity contribution in [1.29, 1.82) is 0 Å². The first-order chi connectivity index (χ1) is 12.4. The van der Waals surface area contributed by atoms with E-state index in [0.717, 1.165) is 11.3 Å². The predicted octanol–water partition coefficient (Wildman–Crippen LogP) is 2.97. The number of aryl methyl sites for hydroxylation is 1. The Hall–Kier alpha value is -2.38. The van der Waals surface area contributed by atoms with Crippen LogP contribution < -0.4 is 10.6 Å². The highest BCUT2D eigenvalue weighted by Crippen LogP contribution is 2.21. The number of sulfonamides is 1. The topological polar surface area (TPSA) is 78.5 Å². The second-order valence-electron chi connectivity index (χ2n) is 6.46. The maximum absolute atomic E-state index is 12.7. The Balaban J connectivity index is 1.55. The molecule has 6 nitrogen and oxygen atoms in total. The van der Waals surface area contributed by atoms with Crippen molar-refractivity contribution in [3.05, 3.63) is 60.2 Å². The van der Waals surface area contributed by atoms with Crippen molar-refractivity contribution in [2.75, 3.05) is 18.4 Å². The molecular formula is C19H23N3O3S. The number of anilines is 1. The Kier molecular flexibility index (Phi) is 5.58. The molecule has 1 saturated heterocycles. The molecule has 0 atom stereocenters. The number of piperidine rings is 1. The molecule has 7 heteroatoms. The van der Waals surface area contributed by atoms with Gasteiger partial charge in [0.1, 0.15) is 0 Å². The molecule has 1 heterocycles. The van der Waals surface area contributed by atoms with E-state index in [0.29, 0.717) is 30.8 Å². The Labute approximate surface area is 154 Å². The van der Waals surface area contributed by atoms with Crippen LogP contribution in [0.5, 0.6) is 0 Å². The average Bonchev–Trinajstić information content (AvgIpc) is 2.63. The summed E-state index contributed by atoms with van der Waals surface area (Å²) in [6.07, 6.45) is 1.18. The van der Waals surface area contributed by atoms with Crippen LogP contribution in [0.25, 0.3) is 0 Å². The van der Waals surface area contributed by atoms with E-state index in [2.05, 4.69) is 10.6 Å². The van der Waals surface area contributed by atoms with Gasteiger partial charge in [-0.25, -0.2) is 13.2 Å². The van der Waals surface area contributed by atoms with Gasteiger partial charge in [0.25, 0.3) is 0 Å². The highest BCUT2D eigenvalue weighted by Gasteiger charge is 2.29. The van der Waals surface area contributed by atoms with Crippen molar-refractivity contribution in [1.82, 2.24) is 9.62 Å². The molecule has 0 radical (unpaired) electrons. The molecular weight excluding hydrogens is 350 g/mol. The molecule has 0 spiro atoms. The number of carbonyl (C=O) groups excluding carboxylic acids is 1. The summed E-state index contributed by atoms with van der Waals surface area (Å²) >= 11 is 0. The number of para-hydroxylation sites is 1. The van der Waals surface area contributed by atoms with E-state index in [-0.39, 0.29) is 12.1 Å². The normalized spacial score (nSPS) is 16.2. The molecule has 3 rings (SSSR count). The van der Waals surface area contributed by atoms with Crippen LogP contribution in [-0.4, -0.2) is 37.9 Å². The van der Waals surface area contributed by atoms with Crippen LogP contribution in [0.2, 0.25) is 0 Å². The van der Waals surface area contributed by atoms with Crippen molar-refractivity contribution in [2.45, 2.75) is 30.7 Å². The van der Waals surface area contributed by atoms with Gasteiger partial charge in [-0.15, -0.1) is 0 Å². The van der Waals surface area contributed by atoms with Crippen LogP contribution in [0.15, 0.2) is 59.5 Å². The fourth-order valence-corrected chi connectivity index (χ4v) is 4.61. The second-order valence-corrected chi connectivity index (χ2v) is 8.40. The molecule has 1 aliphatic rings. The number of nitrogens with zero attached hydrogens (tertiary/aromatic N) is 1. The highest BCUT2D eigenvalue weighted by atomic mass is 32.2. The molecule has 0 aliphatic carbocycles. The first-order valence-corrected chi connectivity index (χ1v) is 10.1. The zero-order chi connectivity index (χ0) is 18.6. The van der Waals surface area contributed by atoms with E-state index in [1.54, 1.807) is 18.2 Å². The number of benzene rings is 2. The lowest BCUT2D eigenvalue weighted by molar-refractivity contribution is 0.238. The van der Waals surface area contributed by atoms with Crippen molar-refractivity contribution in [3.63, 3.8) is 0 Å². The van der Waals surface area contributed by atoms with Crippen molar-refractivity contribution < 1.29 is 13.2 Å². The Bertz CT molecular complexity index is 861. The zero-order valence-electron chi connectivity index (χ0n) is 14.7. The summed E-state index contributed by atoms with van der Waals surface area (Å²) in [6, 6.07) is 15.9. The largest absolute Gasteiger partial charge is 0.335 e. The van der Waals surface area contributed by atoms with Crippen LogP contribution in [0.3, 0.4) is 0 Å². The molecule has 0 bridgehead atoms. The van der Waals surface area contributed by atoms with Gasteiger partial charge in [0, 0.05) is 24.8 Å². The standard InChI is InChI=1S/C19H23N3O3S/c1-15-6-5-9-18(14-15)26(24,25)22-12-10-17(11-13-22)21-19(23)20-16-7-3-2-4-8-16/h2-9,14,17H,10-13H2,1H3,(H2,20,21,23). The van der Waals surface area contributed by atoms with E-state index >= 15 is 0 Å². The number of hydrogen-bond acceptors (Lipinski definition) is 3. The number of nitrogens with one attached hydrogen (secondary N) is 2. The Morgan fingerprint density at radius 2 is 1.73 bits per heavy atom. The fraction of sp³-hybridized carbons (Fsp3) is 0.316. The minimum atomic E-state index is -3.48. The number of rotatable bonds is 4. The van der Waals surface area contributed by atoms with E-state index in [4.69, 9.17) is 0 Å². The maximum atomic E-state index is 12.7. The summed E-state index contributed by atoms with van der Waals surface area (Å²) in [6.45, 7) is 2.67. The van der Waals surface area contributed by atoms with Crippen molar-refractivity contribution in [2.24, 2.45) is 0 Å². The maximum Gasteiger partial charge on any atom is 0.319 e. The average molecular weight is 373 g/mol. The summed E-state index contributed by atoms with van der Waals surface area (Å²) in [5, 5.41) is 5.70. The third kappa shape index (κ3) is 4.42. The highest BCUT2D eigenvalue weighted by molar-refractivity contribution is 7.89. The lowest BCUT2D eigenvalue weighted by Gasteiger charge is -2.31. The SMILES string of the molecule is Cc1cccc(S(=O)(=O)N2CCC(NC(=O)Nc3ccccc3)CC2)c1. The van der Waals surface area contributed by atoms with Crippen molar-refractivity contribution >= 4 is 21.7 Å². The molecule has 26 heavy (non-hydrogen) atoms. The van der Waals surface area contributed by atoms with E-state index in [9.17, 15) is 13.2 Å². The first-order valence-electron chi connectivity index (χ1n) is 8.64. The summed E-state index contributed by atoms with van der Waals surface area (Å²) in [5.41, 5.74) is 1.64. The lowest BCUT2D eigenvalue weighted by Crippen LogP contribution is -2.47. The molecule has 2 N–H and O–H groups in total. The quantitative estimate of drug-likeness (QED) is 0.865. The lowest BCUT2D eigenvalue weighted by atomic mass is 10.1. The van der Waals surface area contributed by atoms with Crippen LogP contribution in [0.1, 0.15) is 18.4 Å². The van der Waals surface area contributed by atoms with Gasteiger partial charge in [0.2, 0.25) is 10.0 Å². The molecule has 1 fully saturated rings. The molecule has 0 aromatic heterocycles. The smallest absolute Gasteiger partial charge is 0.319 e. The molecule has 2 aromatic carbocycles. The summed E-state index contributed by atoms with van der Waals surface area (Å²) in [4.78, 5) is 12.4. The van der Waals surface area contributed by atoms with Gasteiger partial charge in [-0.2, -0.15) is 4.31 Å². The molecule has 0 saturated carbocycles. The van der Waals surface area contributed by atoms with Gasteiger partial charge >= 0.3 is 6.03 Å². The minimum absolute atomic E-state index is 0.0392. The van der Waals surface area contributed by atoms with Gasteiger partial charge in [-0.3, -0.25) is 0 Å². The van der Waals surface area contributed by atoms with Crippen LogP contribution in [0.4, 0.5) is 10.5 Å². The van der Waals surface area contributed by atoms with Crippen LogP contribution in [-0.2, 0) is 10.0 Å². The summed E-state index contributed by atoms with van der Waals surface area (Å²) in [7, 11) is -3.48. The molecule has 2 amide bonds. The summed E-state index contributed by atoms with van der Waals surface area (Å²) in [5.74, 6) is 0. The van der Waals surface area contributed by atoms with Crippen LogP contribution >= 0.6 is 0 Å². The van der Waals surface area contributed by atoms with Crippen molar-refractivity contribution in [3.8, 4) is 0 Å². The van der Waals surface area contributed by atoms with Gasteiger partial charge in [-0.1, -0.05) is 30.3 Å². The Morgan fingerprint density at radius 3 is 2.38 bits per heavy atom. The third-order valence-corrected chi connectivity index (χ3v) is 6.34. The number of amides is 2. The first kappa shape index (κ1) is 18.4. The van der Waals surface area contributed by atoms with Gasteiger partial charge in [-0.05, 0) is 49.6 Å².